The van der Waals surface area contributed by atoms with Crippen LogP contribution in [0, 0.1) is 12.7 Å². The minimum Gasteiger partial charge on any atom is -0.597 e. The van der Waals surface area contributed by atoms with Crippen molar-refractivity contribution in [3.63, 3.8) is 0 Å². The predicted molar refractivity (Wildman–Crippen MR) is 131 cm³/mol. The number of allylic oxidation sites excluding steroid dienone is 4. The van der Waals surface area contributed by atoms with Gasteiger partial charge in [-0.2, -0.15) is 0 Å². The zero-order chi connectivity index (χ0) is 24.1. The molecule has 0 saturated carbocycles. The highest BCUT2D eigenvalue weighted by molar-refractivity contribution is 7.90. The Bertz CT molecular complexity index is 1060. The molecule has 4 rings (SSSR count). The van der Waals surface area contributed by atoms with E-state index in [9.17, 15) is 4.55 Å². The summed E-state index contributed by atoms with van der Waals surface area (Å²) in [5.74, 6) is 0.680. The molecule has 34 heavy (non-hydrogen) atoms. The maximum atomic E-state index is 15.4. The minimum atomic E-state index is -1.26. The van der Waals surface area contributed by atoms with Crippen LogP contribution in [-0.2, 0) is 28.1 Å². The first kappa shape index (κ1) is 24.9. The van der Waals surface area contributed by atoms with Gasteiger partial charge in [-0.15, -0.1) is 14.5 Å². The number of halogens is 1. The first-order chi connectivity index (χ1) is 16.5. The van der Waals surface area contributed by atoms with E-state index in [0.717, 1.165) is 24.0 Å². The number of aromatic nitrogens is 2. The Morgan fingerprint density at radius 2 is 2.15 bits per heavy atom. The molecule has 2 aliphatic heterocycles. The van der Waals surface area contributed by atoms with Crippen LogP contribution in [0.2, 0.25) is 0 Å². The molecule has 1 unspecified atom stereocenters. The summed E-state index contributed by atoms with van der Waals surface area (Å²) >= 11 is -1.26. The van der Waals surface area contributed by atoms with Crippen LogP contribution in [0.1, 0.15) is 55.5 Å². The SMILES string of the molecule is C=C/C(=C\C=C/C)[C@H]1CCCN(Cc2ccc(C3(c4nnc(C)o4)CCOCC3)cc2F)[S+]1[O-]. The van der Waals surface area contributed by atoms with Crippen molar-refractivity contribution >= 4 is 11.4 Å². The van der Waals surface area contributed by atoms with E-state index in [1.54, 1.807) is 25.1 Å². The highest BCUT2D eigenvalue weighted by Gasteiger charge is 2.42. The van der Waals surface area contributed by atoms with Crippen molar-refractivity contribution in [2.75, 3.05) is 19.8 Å². The summed E-state index contributed by atoms with van der Waals surface area (Å²) < 4.78 is 41.9. The molecule has 182 valence electrons. The normalized spacial score (nSPS) is 23.9. The lowest BCUT2D eigenvalue weighted by atomic mass is 9.74. The number of benzene rings is 1. The number of hydrogen-bond acceptors (Lipinski definition) is 6. The third-order valence-corrected chi connectivity index (χ3v) is 8.51. The van der Waals surface area contributed by atoms with Gasteiger partial charge in [0.2, 0.25) is 11.8 Å². The van der Waals surface area contributed by atoms with E-state index in [2.05, 4.69) is 16.8 Å². The Hall–Kier alpha value is -2.26. The van der Waals surface area contributed by atoms with Gasteiger partial charge in [0, 0.05) is 55.6 Å². The fourth-order valence-electron chi connectivity index (χ4n) is 4.76. The summed E-state index contributed by atoms with van der Waals surface area (Å²) in [6.45, 7) is 9.64. The molecule has 2 fully saturated rings. The maximum Gasteiger partial charge on any atom is 0.227 e. The number of rotatable bonds is 7. The summed E-state index contributed by atoms with van der Waals surface area (Å²) in [6, 6.07) is 5.32. The van der Waals surface area contributed by atoms with Gasteiger partial charge in [-0.05, 0) is 37.8 Å². The van der Waals surface area contributed by atoms with Crippen LogP contribution in [-0.4, -0.2) is 44.1 Å². The van der Waals surface area contributed by atoms with E-state index in [0.29, 0.717) is 56.5 Å². The van der Waals surface area contributed by atoms with Gasteiger partial charge < -0.3 is 13.7 Å². The van der Waals surface area contributed by atoms with Gasteiger partial charge >= 0.3 is 0 Å². The minimum absolute atomic E-state index is 0.129. The third-order valence-electron chi connectivity index (χ3n) is 6.69. The van der Waals surface area contributed by atoms with E-state index in [-0.39, 0.29) is 11.1 Å². The van der Waals surface area contributed by atoms with Crippen molar-refractivity contribution in [3.8, 4) is 0 Å². The van der Waals surface area contributed by atoms with Crippen LogP contribution in [0.25, 0.3) is 0 Å². The Labute approximate surface area is 203 Å². The molecule has 1 aromatic carbocycles. The Morgan fingerprint density at radius 3 is 2.79 bits per heavy atom. The molecule has 0 spiro atoms. The Kier molecular flexibility index (Phi) is 8.03. The number of hydrogen-bond donors (Lipinski definition) is 0. The van der Waals surface area contributed by atoms with Crippen LogP contribution >= 0.6 is 0 Å². The Morgan fingerprint density at radius 1 is 1.35 bits per heavy atom. The average molecular weight is 486 g/mol. The van der Waals surface area contributed by atoms with Gasteiger partial charge in [-0.3, -0.25) is 0 Å². The van der Waals surface area contributed by atoms with Gasteiger partial charge in [0.25, 0.3) is 0 Å². The van der Waals surface area contributed by atoms with Crippen molar-refractivity contribution in [1.82, 2.24) is 14.5 Å². The van der Waals surface area contributed by atoms with Crippen molar-refractivity contribution in [2.45, 2.75) is 56.7 Å². The highest BCUT2D eigenvalue weighted by atomic mass is 32.2. The van der Waals surface area contributed by atoms with Crippen LogP contribution in [0.5, 0.6) is 0 Å². The molecule has 0 aliphatic carbocycles. The largest absolute Gasteiger partial charge is 0.597 e. The maximum absolute atomic E-state index is 15.4. The molecule has 0 radical (unpaired) electrons. The van der Waals surface area contributed by atoms with Crippen molar-refractivity contribution in [3.05, 3.63) is 83.4 Å². The first-order valence-electron chi connectivity index (χ1n) is 11.8. The lowest BCUT2D eigenvalue weighted by Gasteiger charge is -2.36. The summed E-state index contributed by atoms with van der Waals surface area (Å²) in [4.78, 5) is 0. The van der Waals surface area contributed by atoms with Crippen molar-refractivity contribution in [1.29, 1.82) is 0 Å². The quantitative estimate of drug-likeness (QED) is 0.409. The average Bonchev–Trinajstić information content (AvgIpc) is 3.30. The van der Waals surface area contributed by atoms with E-state index in [4.69, 9.17) is 9.15 Å². The summed E-state index contributed by atoms with van der Waals surface area (Å²) in [5, 5.41) is 8.14. The smallest absolute Gasteiger partial charge is 0.227 e. The number of ether oxygens (including phenoxy) is 1. The molecular weight excluding hydrogens is 453 g/mol. The van der Waals surface area contributed by atoms with Crippen LogP contribution < -0.4 is 0 Å². The van der Waals surface area contributed by atoms with Crippen LogP contribution in [0.15, 0.2) is 59.1 Å². The molecule has 8 heteroatoms. The van der Waals surface area contributed by atoms with E-state index in [1.165, 1.54) is 0 Å². The standard InChI is InChI=1S/C26H32FN3O3S/c1-4-6-8-20(5-2)24-9-7-14-30(34(24)31)18-21-10-11-22(17-23(21)27)26(12-15-32-16-13-26)25-29-28-19(3)33-25/h4-6,8,10-11,17,24H,2,7,9,12-16,18H2,1,3H3/b6-4-,20-8+/t24-,34?/m1/s1. The second kappa shape index (κ2) is 11.0. The lowest BCUT2D eigenvalue weighted by Crippen LogP contribution is -2.44. The van der Waals surface area contributed by atoms with E-state index < -0.39 is 16.8 Å². The molecule has 2 saturated heterocycles. The summed E-state index contributed by atoms with van der Waals surface area (Å²) in [7, 11) is 0. The first-order valence-corrected chi connectivity index (χ1v) is 12.9. The van der Waals surface area contributed by atoms with Crippen molar-refractivity contribution < 1.29 is 18.1 Å². The van der Waals surface area contributed by atoms with Gasteiger partial charge in [0.05, 0.1) is 12.0 Å². The lowest BCUT2D eigenvalue weighted by molar-refractivity contribution is 0.0540. The molecule has 2 aromatic rings. The van der Waals surface area contributed by atoms with Crippen molar-refractivity contribution in [2.24, 2.45) is 0 Å². The molecule has 3 heterocycles. The zero-order valence-corrected chi connectivity index (χ0v) is 20.7. The zero-order valence-electron chi connectivity index (χ0n) is 19.8. The Balaban J connectivity index is 1.57. The van der Waals surface area contributed by atoms with Gasteiger partial charge in [0.1, 0.15) is 5.82 Å². The van der Waals surface area contributed by atoms with E-state index >= 15 is 4.39 Å². The van der Waals surface area contributed by atoms with Gasteiger partial charge in [-0.25, -0.2) is 4.39 Å². The van der Waals surface area contributed by atoms with Crippen LogP contribution in [0.3, 0.4) is 0 Å². The number of aryl methyl sites for hydroxylation is 1. The molecule has 0 amide bonds. The monoisotopic (exact) mass is 485 g/mol. The molecule has 0 N–H and O–H groups in total. The van der Waals surface area contributed by atoms with E-state index in [1.807, 2.05) is 35.5 Å². The summed E-state index contributed by atoms with van der Waals surface area (Å²) in [5.41, 5.74) is 1.73. The van der Waals surface area contributed by atoms with Crippen LogP contribution in [0.4, 0.5) is 4.39 Å². The second-order valence-electron chi connectivity index (χ2n) is 8.79. The molecule has 2 atom stereocenters. The predicted octanol–water partition coefficient (Wildman–Crippen LogP) is 4.93. The fourth-order valence-corrected chi connectivity index (χ4v) is 6.47. The molecule has 0 bridgehead atoms. The number of nitrogens with zero attached hydrogens (tertiary/aromatic N) is 3. The fraction of sp³-hybridized carbons (Fsp3) is 0.462. The molecular formula is C26H32FN3O3S. The second-order valence-corrected chi connectivity index (χ2v) is 10.4. The third kappa shape index (κ3) is 5.05. The highest BCUT2D eigenvalue weighted by Crippen LogP contribution is 2.41. The molecule has 2 aliphatic rings. The topological polar surface area (TPSA) is 74.5 Å². The van der Waals surface area contributed by atoms with Gasteiger partial charge in [-0.1, -0.05) is 43.0 Å². The van der Waals surface area contributed by atoms with Gasteiger partial charge in [0.15, 0.2) is 5.25 Å². The molecule has 6 nitrogen and oxygen atoms in total. The summed E-state index contributed by atoms with van der Waals surface area (Å²) in [6.07, 6.45) is 10.6. The molecule has 1 aromatic heterocycles.